The lowest BCUT2D eigenvalue weighted by molar-refractivity contribution is 0.0751. The number of nitrogens with one attached hydrogen (secondary N) is 1. The molecule has 4 N–H and O–H groups in total. The van der Waals surface area contributed by atoms with Crippen molar-refractivity contribution < 1.29 is 23.1 Å². The van der Waals surface area contributed by atoms with Crippen molar-refractivity contribution in [1.29, 1.82) is 0 Å². The maximum Gasteiger partial charge on any atom is 0.310 e. The molecule has 2 aromatic carbocycles. The molecule has 5 rings (SSSR count). The number of ketones is 1. The molecule has 5 atom stereocenters. The largest absolute Gasteiger partial charge is 0.494 e. The van der Waals surface area contributed by atoms with Crippen LogP contribution >= 0.6 is 11.3 Å². The maximum absolute atomic E-state index is 14.3. The molecule has 4 unspecified atom stereocenters. The van der Waals surface area contributed by atoms with E-state index in [2.05, 4.69) is 5.32 Å². The molecule has 190 valence electrons. The van der Waals surface area contributed by atoms with Gasteiger partial charge in [0.15, 0.2) is 17.4 Å². The monoisotopic (exact) mass is 517 g/mol. The summed E-state index contributed by atoms with van der Waals surface area (Å²) in [4.78, 5) is 25.5. The number of benzene rings is 2. The number of Topliss-reactive ketones (excluding diaryl/α,β-unsaturated/α-hetero) is 1. The van der Waals surface area contributed by atoms with Crippen molar-refractivity contribution >= 4 is 17.1 Å². The molecule has 1 aromatic heterocycles. The van der Waals surface area contributed by atoms with Crippen LogP contribution in [0.3, 0.4) is 0 Å². The predicted octanol–water partition coefficient (Wildman–Crippen LogP) is 3.59. The maximum atomic E-state index is 14.3. The Morgan fingerprint density at radius 3 is 2.69 bits per heavy atom. The van der Waals surface area contributed by atoms with Gasteiger partial charge in [0.25, 0.3) is 0 Å². The molecule has 3 heterocycles. The second-order valence-corrected chi connectivity index (χ2v) is 10.5. The normalized spacial score (nSPS) is 24.1. The summed E-state index contributed by atoms with van der Waals surface area (Å²) in [5.74, 6) is -4.24. The van der Waals surface area contributed by atoms with E-state index in [0.29, 0.717) is 23.6 Å². The average Bonchev–Trinajstić information content (AvgIpc) is 3.39. The Bertz CT molecular complexity index is 1360. The van der Waals surface area contributed by atoms with Crippen LogP contribution in [0.2, 0.25) is 0 Å². The van der Waals surface area contributed by atoms with Crippen molar-refractivity contribution in [1.82, 2.24) is 9.88 Å². The first-order valence-electron chi connectivity index (χ1n) is 11.9. The first-order chi connectivity index (χ1) is 17.2. The van der Waals surface area contributed by atoms with E-state index < -0.39 is 29.4 Å². The van der Waals surface area contributed by atoms with Gasteiger partial charge in [0.05, 0.1) is 11.9 Å². The lowest BCUT2D eigenvalue weighted by Crippen LogP contribution is -2.54. The summed E-state index contributed by atoms with van der Waals surface area (Å²) in [5, 5.41) is 14.8. The summed E-state index contributed by atoms with van der Waals surface area (Å²) >= 11 is 0.895. The van der Waals surface area contributed by atoms with E-state index in [1.54, 1.807) is 24.3 Å². The molecule has 0 saturated carbocycles. The van der Waals surface area contributed by atoms with Gasteiger partial charge in [0.2, 0.25) is 5.88 Å². The first kappa shape index (κ1) is 24.7. The van der Waals surface area contributed by atoms with Crippen molar-refractivity contribution in [2.45, 2.75) is 50.4 Å². The van der Waals surface area contributed by atoms with Crippen LogP contribution in [-0.2, 0) is 13.0 Å². The summed E-state index contributed by atoms with van der Waals surface area (Å²) in [6, 6.07) is 7.77. The Labute approximate surface area is 209 Å². The molecule has 36 heavy (non-hydrogen) atoms. The van der Waals surface area contributed by atoms with Crippen molar-refractivity contribution in [3.8, 4) is 5.88 Å². The van der Waals surface area contributed by atoms with Gasteiger partial charge in [-0.3, -0.25) is 14.2 Å². The number of piperidine rings is 1. The molecule has 6 nitrogen and oxygen atoms in total. The number of carbonyl (C=O) groups is 1. The molecule has 0 aliphatic carbocycles. The van der Waals surface area contributed by atoms with Crippen LogP contribution in [0, 0.1) is 29.3 Å². The molecule has 0 radical (unpaired) electrons. The van der Waals surface area contributed by atoms with Crippen LogP contribution in [0.5, 0.6) is 5.88 Å². The number of carbonyl (C=O) groups excluding carboxylic acids is 1. The molecule has 2 saturated heterocycles. The Morgan fingerprint density at radius 1 is 1.17 bits per heavy atom. The van der Waals surface area contributed by atoms with Crippen molar-refractivity contribution in [3.63, 3.8) is 0 Å². The number of hydrogen-bond donors (Lipinski definition) is 3. The zero-order chi connectivity index (χ0) is 25.6. The quantitative estimate of drug-likeness (QED) is 0.329. The second-order valence-electron chi connectivity index (χ2n) is 9.71. The molecule has 2 aliphatic heterocycles. The molecule has 10 heteroatoms. The molecular weight excluding hydrogens is 491 g/mol. The molecule has 0 amide bonds. The lowest BCUT2D eigenvalue weighted by atomic mass is 9.72. The van der Waals surface area contributed by atoms with E-state index in [-0.39, 0.29) is 53.1 Å². The highest BCUT2D eigenvalue weighted by molar-refractivity contribution is 7.07. The van der Waals surface area contributed by atoms with Crippen LogP contribution in [0.4, 0.5) is 13.2 Å². The third-order valence-corrected chi connectivity index (χ3v) is 8.19. The summed E-state index contributed by atoms with van der Waals surface area (Å²) in [7, 11) is 0. The van der Waals surface area contributed by atoms with Gasteiger partial charge in [0.1, 0.15) is 5.82 Å². The molecule has 0 spiro atoms. The molecule has 2 aliphatic rings. The van der Waals surface area contributed by atoms with E-state index in [1.807, 2.05) is 0 Å². The first-order valence-corrected chi connectivity index (χ1v) is 12.7. The van der Waals surface area contributed by atoms with E-state index in [4.69, 9.17) is 5.73 Å². The number of hydrogen-bond acceptors (Lipinski definition) is 6. The standard InChI is InChI=1S/C26H26F3N3O3S/c27-18-10-20(29)19(28)7-15(18)8-21(30)17-9-16-4-5-22(31-16)24(17)25(34)14-3-1-2-13(6-14)11-32-23(33)12-36-26(32)35/h1-3,6-7,10,12,16-17,21-22,24,31,33H,4-5,8-9,11,30H2/t16?,17?,21-,22?,24?/m1/s1. The fraction of sp³-hybridized carbons (Fsp3) is 0.385. The third kappa shape index (κ3) is 4.72. The number of nitrogens with zero attached hydrogens (tertiary/aromatic N) is 1. The number of halogens is 3. The number of thiazole rings is 1. The summed E-state index contributed by atoms with van der Waals surface area (Å²) in [5.41, 5.74) is 7.66. The number of nitrogens with two attached hydrogens (primary N) is 1. The van der Waals surface area contributed by atoms with E-state index >= 15 is 0 Å². The fourth-order valence-electron chi connectivity index (χ4n) is 5.70. The van der Waals surface area contributed by atoms with Gasteiger partial charge in [-0.2, -0.15) is 0 Å². The second kappa shape index (κ2) is 9.84. The van der Waals surface area contributed by atoms with Crippen LogP contribution in [0.25, 0.3) is 0 Å². The molecular formula is C26H26F3N3O3S. The fourth-order valence-corrected chi connectivity index (χ4v) is 6.32. The Hall–Kier alpha value is -2.95. The van der Waals surface area contributed by atoms with Gasteiger partial charge < -0.3 is 16.2 Å². The zero-order valence-corrected chi connectivity index (χ0v) is 20.1. The minimum Gasteiger partial charge on any atom is -0.494 e. The molecule has 2 fully saturated rings. The highest BCUT2D eigenvalue weighted by Gasteiger charge is 2.47. The number of rotatable bonds is 7. The summed E-state index contributed by atoms with van der Waals surface area (Å²) in [6.45, 7) is 0.127. The predicted molar refractivity (Wildman–Crippen MR) is 130 cm³/mol. The average molecular weight is 518 g/mol. The molecule has 2 bridgehead atoms. The molecule has 3 aromatic rings. The van der Waals surface area contributed by atoms with Gasteiger partial charge in [-0.25, -0.2) is 13.2 Å². The number of fused-ring (bicyclic) bond motifs is 2. The van der Waals surface area contributed by atoms with Gasteiger partial charge in [-0.05, 0) is 54.9 Å². The van der Waals surface area contributed by atoms with E-state index in [1.165, 1.54) is 9.95 Å². The van der Waals surface area contributed by atoms with Gasteiger partial charge in [-0.1, -0.05) is 29.5 Å². The van der Waals surface area contributed by atoms with Crippen LogP contribution in [0.1, 0.15) is 40.7 Å². The lowest BCUT2D eigenvalue weighted by Gasteiger charge is -2.40. The number of aromatic hydroxyl groups is 1. The Kier molecular flexibility index (Phi) is 6.76. The van der Waals surface area contributed by atoms with Gasteiger partial charge >= 0.3 is 4.87 Å². The van der Waals surface area contributed by atoms with Crippen LogP contribution in [0.15, 0.2) is 46.6 Å². The topological polar surface area (TPSA) is 97.3 Å². The highest BCUT2D eigenvalue weighted by atomic mass is 32.1. The van der Waals surface area contributed by atoms with Crippen molar-refractivity contribution in [2.75, 3.05) is 0 Å². The number of aromatic nitrogens is 1. The minimum absolute atomic E-state index is 0.0125. The Morgan fingerprint density at radius 2 is 1.94 bits per heavy atom. The SMILES string of the molecule is N[C@H](Cc1cc(F)c(F)cc1F)C1CC2CCC(N2)C1C(=O)c1cccc(Cn2c(O)csc2=O)c1. The summed E-state index contributed by atoms with van der Waals surface area (Å²) < 4.78 is 42.7. The summed E-state index contributed by atoms with van der Waals surface area (Å²) in [6.07, 6.45) is 2.31. The van der Waals surface area contributed by atoms with Crippen molar-refractivity contribution in [2.24, 2.45) is 17.6 Å². The van der Waals surface area contributed by atoms with E-state index in [0.717, 1.165) is 30.2 Å². The van der Waals surface area contributed by atoms with Gasteiger partial charge in [0, 0.05) is 35.7 Å². The smallest absolute Gasteiger partial charge is 0.310 e. The van der Waals surface area contributed by atoms with E-state index in [9.17, 15) is 27.9 Å². The van der Waals surface area contributed by atoms with Gasteiger partial charge in [-0.15, -0.1) is 0 Å². The van der Waals surface area contributed by atoms with Crippen LogP contribution in [-0.4, -0.2) is 33.6 Å². The zero-order valence-electron chi connectivity index (χ0n) is 19.3. The Balaban J connectivity index is 1.41. The highest BCUT2D eigenvalue weighted by Crippen LogP contribution is 2.40. The van der Waals surface area contributed by atoms with Crippen LogP contribution < -0.4 is 15.9 Å². The minimum atomic E-state index is -1.25. The third-order valence-electron chi connectivity index (χ3n) is 7.44. The van der Waals surface area contributed by atoms with Crippen molar-refractivity contribution in [3.05, 3.63) is 85.6 Å².